The average Bonchev–Trinajstić information content (AvgIpc) is 3.55. The van der Waals surface area contributed by atoms with Gasteiger partial charge in [0, 0.05) is 22.4 Å². The number of fused-ring (bicyclic) bond motifs is 1. The smallest absolute Gasteiger partial charge is 0.248 e. The number of hydrogen-bond donors (Lipinski definition) is 0. The van der Waals surface area contributed by atoms with Gasteiger partial charge in [-0.1, -0.05) is 72.3 Å². The van der Waals surface area contributed by atoms with Gasteiger partial charge in [-0.3, -0.25) is 0 Å². The molecular weight excluding hydrogens is 432 g/mol. The van der Waals surface area contributed by atoms with Gasteiger partial charge in [0.25, 0.3) is 0 Å². The Morgan fingerprint density at radius 1 is 0.788 bits per heavy atom. The van der Waals surface area contributed by atoms with Gasteiger partial charge in [-0.2, -0.15) is 5.10 Å². The lowest BCUT2D eigenvalue weighted by molar-refractivity contribution is 0.463. The molecule has 5 aromatic rings. The van der Waals surface area contributed by atoms with Crippen molar-refractivity contribution in [2.24, 2.45) is 5.10 Å². The zero-order valence-electron chi connectivity index (χ0n) is 17.6. The molecule has 0 unspecified atom stereocenters. The summed E-state index contributed by atoms with van der Waals surface area (Å²) in [7, 11) is 0. The maximum absolute atomic E-state index is 6.13. The highest BCUT2D eigenvalue weighted by Gasteiger charge is 2.34. The summed E-state index contributed by atoms with van der Waals surface area (Å²) < 4.78 is 5.78. The van der Waals surface area contributed by atoms with Crippen LogP contribution in [-0.2, 0) is 0 Å². The van der Waals surface area contributed by atoms with E-state index < -0.39 is 0 Å². The van der Waals surface area contributed by atoms with E-state index in [2.05, 4.69) is 12.1 Å². The minimum atomic E-state index is -0.130. The summed E-state index contributed by atoms with van der Waals surface area (Å²) in [5.74, 6) is 1.36. The van der Waals surface area contributed by atoms with Crippen molar-refractivity contribution in [2.45, 2.75) is 12.5 Å². The third-order valence-electron chi connectivity index (χ3n) is 5.80. The zero-order chi connectivity index (χ0) is 22.2. The second kappa shape index (κ2) is 8.19. The minimum absolute atomic E-state index is 0.130. The highest BCUT2D eigenvalue weighted by molar-refractivity contribution is 6.30. The molecule has 6 heteroatoms. The standard InChI is InChI=1S/C27H19ClN4O/c28-20-14-12-19(13-15-20)26-21-9-4-5-10-22(21)29-27(30-26)32-24(25-11-6-16-33-25)17-23(31-32)18-7-2-1-3-8-18/h1-16,24H,17H2/t24-/m1/s1. The number of para-hydroxylation sites is 1. The van der Waals surface area contributed by atoms with Crippen molar-refractivity contribution in [3.05, 3.63) is 114 Å². The topological polar surface area (TPSA) is 54.5 Å². The summed E-state index contributed by atoms with van der Waals surface area (Å²) in [5.41, 5.74) is 4.72. The summed E-state index contributed by atoms with van der Waals surface area (Å²) in [6.45, 7) is 0. The lowest BCUT2D eigenvalue weighted by Gasteiger charge is -2.21. The first-order chi connectivity index (χ1) is 16.3. The fourth-order valence-corrected chi connectivity index (χ4v) is 4.32. The number of rotatable bonds is 4. The van der Waals surface area contributed by atoms with E-state index in [1.165, 1.54) is 0 Å². The Hall–Kier alpha value is -3.96. The molecule has 33 heavy (non-hydrogen) atoms. The number of benzene rings is 3. The van der Waals surface area contributed by atoms with Gasteiger partial charge in [-0.25, -0.2) is 15.0 Å². The van der Waals surface area contributed by atoms with Crippen LogP contribution in [0.15, 0.2) is 107 Å². The van der Waals surface area contributed by atoms with E-state index in [-0.39, 0.29) is 6.04 Å². The molecule has 0 saturated heterocycles. The average molecular weight is 451 g/mol. The molecule has 160 valence electrons. The molecule has 1 aliphatic rings. The SMILES string of the molecule is Clc1ccc(-c2nc(N3N=C(c4ccccc4)C[C@@H]3c3ccco3)nc3ccccc23)cc1. The second-order valence-corrected chi connectivity index (χ2v) is 8.33. The molecule has 0 amide bonds. The molecule has 0 aliphatic carbocycles. The van der Waals surface area contributed by atoms with E-state index in [9.17, 15) is 0 Å². The van der Waals surface area contributed by atoms with Gasteiger partial charge < -0.3 is 4.42 Å². The summed E-state index contributed by atoms with van der Waals surface area (Å²) in [6, 6.07) is 29.7. The van der Waals surface area contributed by atoms with Gasteiger partial charge in [0.05, 0.1) is 23.2 Å². The van der Waals surface area contributed by atoms with E-state index in [0.29, 0.717) is 17.4 Å². The summed E-state index contributed by atoms with van der Waals surface area (Å²) >= 11 is 6.13. The van der Waals surface area contributed by atoms with Crippen molar-refractivity contribution in [3.63, 3.8) is 0 Å². The predicted molar refractivity (Wildman–Crippen MR) is 132 cm³/mol. The van der Waals surface area contributed by atoms with Gasteiger partial charge in [-0.15, -0.1) is 0 Å². The summed E-state index contributed by atoms with van der Waals surface area (Å²) in [6.07, 6.45) is 2.39. The van der Waals surface area contributed by atoms with Crippen LogP contribution in [0.1, 0.15) is 23.8 Å². The van der Waals surface area contributed by atoms with Crippen molar-refractivity contribution < 1.29 is 4.42 Å². The van der Waals surface area contributed by atoms with Crippen LogP contribution in [0.25, 0.3) is 22.2 Å². The molecule has 6 rings (SSSR count). The van der Waals surface area contributed by atoms with Gasteiger partial charge in [0.2, 0.25) is 5.95 Å². The Labute approximate surface area is 196 Å². The first-order valence-electron chi connectivity index (χ1n) is 10.7. The van der Waals surface area contributed by atoms with Gasteiger partial charge in [0.1, 0.15) is 11.8 Å². The van der Waals surface area contributed by atoms with Crippen LogP contribution >= 0.6 is 11.6 Å². The van der Waals surface area contributed by atoms with Crippen LogP contribution in [0, 0.1) is 0 Å². The molecule has 3 heterocycles. The van der Waals surface area contributed by atoms with Crippen molar-refractivity contribution in [3.8, 4) is 11.3 Å². The number of hydrogen-bond acceptors (Lipinski definition) is 5. The van der Waals surface area contributed by atoms with Gasteiger partial charge in [0.15, 0.2) is 0 Å². The number of aromatic nitrogens is 2. The fraction of sp³-hybridized carbons (Fsp3) is 0.0741. The molecule has 3 aromatic carbocycles. The van der Waals surface area contributed by atoms with Gasteiger partial charge in [-0.05, 0) is 35.9 Å². The van der Waals surface area contributed by atoms with E-state index in [0.717, 1.165) is 39.2 Å². The molecule has 0 fully saturated rings. The second-order valence-electron chi connectivity index (χ2n) is 7.89. The van der Waals surface area contributed by atoms with E-state index in [4.69, 9.17) is 31.1 Å². The maximum atomic E-state index is 6.13. The Morgan fingerprint density at radius 3 is 2.36 bits per heavy atom. The molecule has 1 atom stereocenters. The Morgan fingerprint density at radius 2 is 1.58 bits per heavy atom. The monoisotopic (exact) mass is 450 g/mol. The van der Waals surface area contributed by atoms with Crippen LogP contribution in [0.4, 0.5) is 5.95 Å². The molecule has 0 N–H and O–H groups in total. The maximum Gasteiger partial charge on any atom is 0.248 e. The largest absolute Gasteiger partial charge is 0.467 e. The van der Waals surface area contributed by atoms with E-state index >= 15 is 0 Å². The molecular formula is C27H19ClN4O. The van der Waals surface area contributed by atoms with Crippen LogP contribution in [0.5, 0.6) is 0 Å². The highest BCUT2D eigenvalue weighted by atomic mass is 35.5. The molecule has 2 aromatic heterocycles. The normalized spacial score (nSPS) is 15.7. The van der Waals surface area contributed by atoms with E-state index in [1.54, 1.807) is 6.26 Å². The van der Waals surface area contributed by atoms with Crippen molar-refractivity contribution in [1.82, 2.24) is 9.97 Å². The first kappa shape index (κ1) is 19.7. The zero-order valence-corrected chi connectivity index (χ0v) is 18.4. The number of nitrogens with zero attached hydrogens (tertiary/aromatic N) is 4. The Kier molecular flexibility index (Phi) is 4.89. The molecule has 0 bridgehead atoms. The fourth-order valence-electron chi connectivity index (χ4n) is 4.20. The Bertz CT molecular complexity index is 1450. The van der Waals surface area contributed by atoms with Crippen LogP contribution in [0.3, 0.4) is 0 Å². The molecule has 0 radical (unpaired) electrons. The van der Waals surface area contributed by atoms with Gasteiger partial charge >= 0.3 is 0 Å². The molecule has 0 saturated carbocycles. The first-order valence-corrected chi connectivity index (χ1v) is 11.1. The number of furan rings is 1. The van der Waals surface area contributed by atoms with Crippen LogP contribution in [0.2, 0.25) is 5.02 Å². The van der Waals surface area contributed by atoms with Crippen molar-refractivity contribution >= 4 is 34.2 Å². The Balaban J connectivity index is 1.53. The molecule has 0 spiro atoms. The molecule has 5 nitrogen and oxygen atoms in total. The van der Waals surface area contributed by atoms with Crippen LogP contribution < -0.4 is 5.01 Å². The third-order valence-corrected chi connectivity index (χ3v) is 6.05. The number of halogens is 1. The van der Waals surface area contributed by atoms with Crippen molar-refractivity contribution in [2.75, 3.05) is 5.01 Å². The van der Waals surface area contributed by atoms with E-state index in [1.807, 2.05) is 83.9 Å². The number of hydrazone groups is 1. The predicted octanol–water partition coefficient (Wildman–Crippen LogP) is 6.90. The van der Waals surface area contributed by atoms with Crippen LogP contribution in [-0.4, -0.2) is 15.7 Å². The van der Waals surface area contributed by atoms with Crippen molar-refractivity contribution in [1.29, 1.82) is 0 Å². The number of anilines is 1. The minimum Gasteiger partial charge on any atom is -0.467 e. The summed E-state index contributed by atoms with van der Waals surface area (Å²) in [4.78, 5) is 9.88. The lowest BCUT2D eigenvalue weighted by atomic mass is 10.0. The quantitative estimate of drug-likeness (QED) is 0.299. The third kappa shape index (κ3) is 3.66. The molecule has 1 aliphatic heterocycles. The highest BCUT2D eigenvalue weighted by Crippen LogP contribution is 2.37. The summed E-state index contributed by atoms with van der Waals surface area (Å²) in [5, 5.41) is 8.51. The lowest BCUT2D eigenvalue weighted by Crippen LogP contribution is -2.20.